The fourth-order valence-electron chi connectivity index (χ4n) is 2.44. The summed E-state index contributed by atoms with van der Waals surface area (Å²) in [6.45, 7) is 2.17. The van der Waals surface area contributed by atoms with Crippen molar-refractivity contribution in [1.82, 2.24) is 5.23 Å². The maximum atomic E-state index is 6.13. The standard InChI is InChI=1S/C15H16BNO/c1-12-15(13-8-4-2-5-9-13)18-16(17-12)14-10-6-3-7-11-14/h2-12,15,17H,1H3/t12-,15-/m0/s1. The lowest BCUT2D eigenvalue weighted by molar-refractivity contribution is 0.223. The second-order valence-corrected chi connectivity index (χ2v) is 4.71. The lowest BCUT2D eigenvalue weighted by Gasteiger charge is -2.15. The van der Waals surface area contributed by atoms with Crippen LogP contribution in [0.2, 0.25) is 0 Å². The molecule has 2 nitrogen and oxygen atoms in total. The summed E-state index contributed by atoms with van der Waals surface area (Å²) >= 11 is 0. The van der Waals surface area contributed by atoms with Gasteiger partial charge in [0.05, 0.1) is 6.10 Å². The van der Waals surface area contributed by atoms with Crippen LogP contribution >= 0.6 is 0 Å². The molecule has 2 aromatic carbocycles. The fraction of sp³-hybridized carbons (Fsp3) is 0.200. The molecule has 1 N–H and O–H groups in total. The highest BCUT2D eigenvalue weighted by molar-refractivity contribution is 6.65. The van der Waals surface area contributed by atoms with Gasteiger partial charge in [-0.2, -0.15) is 0 Å². The maximum absolute atomic E-state index is 6.13. The molecule has 1 saturated heterocycles. The highest BCUT2D eigenvalue weighted by Crippen LogP contribution is 2.26. The van der Waals surface area contributed by atoms with E-state index in [1.807, 2.05) is 24.3 Å². The van der Waals surface area contributed by atoms with E-state index >= 15 is 0 Å². The van der Waals surface area contributed by atoms with Gasteiger partial charge in [0.1, 0.15) is 0 Å². The fourth-order valence-corrected chi connectivity index (χ4v) is 2.44. The number of rotatable bonds is 2. The summed E-state index contributed by atoms with van der Waals surface area (Å²) in [7, 11) is -0.00796. The molecule has 1 aliphatic rings. The van der Waals surface area contributed by atoms with Crippen molar-refractivity contribution in [3.05, 3.63) is 66.2 Å². The number of nitrogens with one attached hydrogen (secondary N) is 1. The normalized spacial score (nSPS) is 23.3. The average molecular weight is 237 g/mol. The third kappa shape index (κ3) is 2.19. The van der Waals surface area contributed by atoms with Crippen LogP contribution in [0.3, 0.4) is 0 Å². The Balaban J connectivity index is 1.81. The largest absolute Gasteiger partial charge is 0.416 e. The zero-order valence-corrected chi connectivity index (χ0v) is 10.4. The van der Waals surface area contributed by atoms with Gasteiger partial charge in [-0.3, -0.25) is 0 Å². The molecule has 90 valence electrons. The van der Waals surface area contributed by atoms with Gasteiger partial charge in [0.15, 0.2) is 0 Å². The van der Waals surface area contributed by atoms with Gasteiger partial charge in [0, 0.05) is 6.04 Å². The van der Waals surface area contributed by atoms with E-state index in [1.54, 1.807) is 0 Å². The van der Waals surface area contributed by atoms with Crippen molar-refractivity contribution in [2.24, 2.45) is 0 Å². The van der Waals surface area contributed by atoms with E-state index in [-0.39, 0.29) is 13.2 Å². The SMILES string of the molecule is C[C@@H]1NB(c2ccccc2)O[C@@H]1c1ccccc1. The van der Waals surface area contributed by atoms with Gasteiger partial charge < -0.3 is 9.88 Å². The van der Waals surface area contributed by atoms with Crippen LogP contribution in [0.4, 0.5) is 0 Å². The Morgan fingerprint density at radius 3 is 2.22 bits per heavy atom. The van der Waals surface area contributed by atoms with Gasteiger partial charge in [0.25, 0.3) is 0 Å². The van der Waals surface area contributed by atoms with Crippen molar-refractivity contribution in [2.45, 2.75) is 19.1 Å². The molecule has 1 heterocycles. The second kappa shape index (κ2) is 4.97. The van der Waals surface area contributed by atoms with Crippen molar-refractivity contribution in [2.75, 3.05) is 0 Å². The third-order valence-electron chi connectivity index (χ3n) is 3.38. The quantitative estimate of drug-likeness (QED) is 0.808. The topological polar surface area (TPSA) is 21.3 Å². The van der Waals surface area contributed by atoms with E-state index in [0.29, 0.717) is 6.04 Å². The Labute approximate surface area is 108 Å². The second-order valence-electron chi connectivity index (χ2n) is 4.71. The highest BCUT2D eigenvalue weighted by Gasteiger charge is 2.36. The minimum Gasteiger partial charge on any atom is -0.409 e. The van der Waals surface area contributed by atoms with Crippen molar-refractivity contribution >= 4 is 12.5 Å². The summed E-state index contributed by atoms with van der Waals surface area (Å²) in [6, 6.07) is 21.0. The Bertz CT molecular complexity index is 502. The van der Waals surface area contributed by atoms with E-state index in [0.717, 1.165) is 0 Å². The summed E-state index contributed by atoms with van der Waals surface area (Å²) < 4.78 is 6.13. The van der Waals surface area contributed by atoms with Crippen LogP contribution < -0.4 is 10.7 Å². The summed E-state index contributed by atoms with van der Waals surface area (Å²) in [5.74, 6) is 0. The van der Waals surface area contributed by atoms with Gasteiger partial charge in [-0.15, -0.1) is 0 Å². The van der Waals surface area contributed by atoms with Crippen LogP contribution in [0, 0.1) is 0 Å². The van der Waals surface area contributed by atoms with Gasteiger partial charge >= 0.3 is 7.05 Å². The molecule has 0 radical (unpaired) electrons. The molecule has 18 heavy (non-hydrogen) atoms. The van der Waals surface area contributed by atoms with E-state index in [2.05, 4.69) is 48.5 Å². The van der Waals surface area contributed by atoms with E-state index < -0.39 is 0 Å². The predicted molar refractivity (Wildman–Crippen MR) is 74.7 cm³/mol. The zero-order chi connectivity index (χ0) is 12.4. The monoisotopic (exact) mass is 237 g/mol. The molecule has 1 aliphatic heterocycles. The average Bonchev–Trinajstić information content (AvgIpc) is 2.83. The van der Waals surface area contributed by atoms with Crippen LogP contribution in [0.15, 0.2) is 60.7 Å². The first-order chi connectivity index (χ1) is 8.84. The lowest BCUT2D eigenvalue weighted by atomic mass is 9.74. The van der Waals surface area contributed by atoms with Gasteiger partial charge in [-0.25, -0.2) is 0 Å². The van der Waals surface area contributed by atoms with Crippen LogP contribution in [-0.2, 0) is 4.65 Å². The highest BCUT2D eigenvalue weighted by atomic mass is 16.5. The maximum Gasteiger partial charge on any atom is 0.416 e. The first kappa shape index (κ1) is 11.5. The molecular formula is C15H16BNO. The minimum absolute atomic E-state index is 0.00796. The molecule has 0 spiro atoms. The Morgan fingerprint density at radius 2 is 1.56 bits per heavy atom. The molecule has 0 aliphatic carbocycles. The molecular weight excluding hydrogens is 221 g/mol. The van der Waals surface area contributed by atoms with E-state index in [4.69, 9.17) is 4.65 Å². The number of hydrogen-bond donors (Lipinski definition) is 1. The van der Waals surface area contributed by atoms with Gasteiger partial charge in [0.2, 0.25) is 0 Å². The first-order valence-corrected chi connectivity index (χ1v) is 6.36. The van der Waals surface area contributed by atoms with Gasteiger partial charge in [-0.1, -0.05) is 60.7 Å². The van der Waals surface area contributed by atoms with Crippen LogP contribution in [-0.4, -0.2) is 13.1 Å². The third-order valence-corrected chi connectivity index (χ3v) is 3.38. The molecule has 1 fully saturated rings. The molecule has 0 amide bonds. The summed E-state index contributed by atoms with van der Waals surface area (Å²) in [4.78, 5) is 0. The molecule has 0 aromatic heterocycles. The summed E-state index contributed by atoms with van der Waals surface area (Å²) in [6.07, 6.45) is 0.122. The zero-order valence-electron chi connectivity index (χ0n) is 10.4. The summed E-state index contributed by atoms with van der Waals surface area (Å²) in [5.41, 5.74) is 2.42. The molecule has 3 heteroatoms. The van der Waals surface area contributed by atoms with E-state index in [9.17, 15) is 0 Å². The summed E-state index contributed by atoms with van der Waals surface area (Å²) in [5, 5.41) is 3.50. The van der Waals surface area contributed by atoms with Crippen molar-refractivity contribution in [3.8, 4) is 0 Å². The van der Waals surface area contributed by atoms with Crippen molar-refractivity contribution in [3.63, 3.8) is 0 Å². The Hall–Kier alpha value is -1.58. The molecule has 3 rings (SSSR count). The molecule has 0 saturated carbocycles. The smallest absolute Gasteiger partial charge is 0.409 e. The number of hydrogen-bond acceptors (Lipinski definition) is 2. The molecule has 0 bridgehead atoms. The Morgan fingerprint density at radius 1 is 0.944 bits per heavy atom. The van der Waals surface area contributed by atoms with Crippen LogP contribution in [0.1, 0.15) is 18.6 Å². The Kier molecular flexibility index (Phi) is 3.18. The van der Waals surface area contributed by atoms with Crippen LogP contribution in [0.5, 0.6) is 0 Å². The van der Waals surface area contributed by atoms with Crippen molar-refractivity contribution in [1.29, 1.82) is 0 Å². The van der Waals surface area contributed by atoms with E-state index in [1.165, 1.54) is 11.0 Å². The van der Waals surface area contributed by atoms with Crippen molar-refractivity contribution < 1.29 is 4.65 Å². The van der Waals surface area contributed by atoms with Gasteiger partial charge in [-0.05, 0) is 17.9 Å². The van der Waals surface area contributed by atoms with Crippen LogP contribution in [0.25, 0.3) is 0 Å². The molecule has 2 atom stereocenters. The molecule has 0 unspecified atom stereocenters. The predicted octanol–water partition coefficient (Wildman–Crippen LogP) is 2.13. The lowest BCUT2D eigenvalue weighted by Crippen LogP contribution is -2.43. The minimum atomic E-state index is -0.00796. The number of benzene rings is 2. The first-order valence-electron chi connectivity index (χ1n) is 6.36. The molecule has 2 aromatic rings.